The molecule has 0 unspecified atom stereocenters. The van der Waals surface area contributed by atoms with Gasteiger partial charge in [-0.25, -0.2) is 4.79 Å². The summed E-state index contributed by atoms with van der Waals surface area (Å²) in [5.74, 6) is -0.833. The van der Waals surface area contributed by atoms with E-state index in [1.807, 2.05) is 0 Å². The Kier molecular flexibility index (Phi) is 8.33. The average molecular weight is 148 g/mol. The molecule has 0 rings (SSSR count). The van der Waals surface area contributed by atoms with Crippen LogP contribution in [0.2, 0.25) is 0 Å². The number of aliphatic carboxylic acids is 1. The molecule has 0 atom stereocenters. The molecule has 0 saturated carbocycles. The molecule has 0 aliphatic carbocycles. The van der Waals surface area contributed by atoms with Crippen molar-refractivity contribution in [3.05, 3.63) is 0 Å². The molecule has 0 aromatic heterocycles. The number of primary amides is 1. The lowest BCUT2D eigenvalue weighted by atomic mass is 10.9. The molecule has 0 aliphatic rings. The SMILES string of the molecule is CC(=O)O.NC(=O)NC=O. The molecule has 0 spiro atoms. The van der Waals surface area contributed by atoms with Crippen molar-refractivity contribution in [1.82, 2.24) is 5.32 Å². The summed E-state index contributed by atoms with van der Waals surface area (Å²) in [5.41, 5.74) is 4.42. The third-order valence-electron chi connectivity index (χ3n) is 0.201. The van der Waals surface area contributed by atoms with Gasteiger partial charge in [0.1, 0.15) is 0 Å². The molecule has 6 heteroatoms. The average Bonchev–Trinajstić information content (AvgIpc) is 1.62. The van der Waals surface area contributed by atoms with Gasteiger partial charge >= 0.3 is 6.03 Å². The van der Waals surface area contributed by atoms with Crippen LogP contribution in [0.5, 0.6) is 0 Å². The van der Waals surface area contributed by atoms with Crippen LogP contribution in [-0.4, -0.2) is 23.5 Å². The molecule has 0 aliphatic heterocycles. The Morgan fingerprint density at radius 3 is 1.90 bits per heavy atom. The molecule has 0 aromatic rings. The molecule has 6 nitrogen and oxygen atoms in total. The summed E-state index contributed by atoms with van der Waals surface area (Å²) in [7, 11) is 0. The van der Waals surface area contributed by atoms with Crippen LogP contribution in [0.1, 0.15) is 6.92 Å². The topological polar surface area (TPSA) is 109 Å². The Labute approximate surface area is 57.0 Å². The van der Waals surface area contributed by atoms with Gasteiger partial charge in [0, 0.05) is 6.92 Å². The van der Waals surface area contributed by atoms with Gasteiger partial charge < -0.3 is 10.8 Å². The number of hydrogen-bond acceptors (Lipinski definition) is 3. The van der Waals surface area contributed by atoms with E-state index in [1.54, 1.807) is 5.32 Å². The maximum atomic E-state index is 9.48. The van der Waals surface area contributed by atoms with E-state index in [0.717, 1.165) is 6.92 Å². The molecule has 0 radical (unpaired) electrons. The van der Waals surface area contributed by atoms with Crippen molar-refractivity contribution in [3.63, 3.8) is 0 Å². The van der Waals surface area contributed by atoms with Crippen LogP contribution in [0.4, 0.5) is 4.79 Å². The predicted octanol–water partition coefficient (Wildman–Crippen LogP) is -1.10. The molecule has 58 valence electrons. The minimum absolute atomic E-state index is 0.225. The van der Waals surface area contributed by atoms with E-state index in [0.29, 0.717) is 0 Å². The largest absolute Gasteiger partial charge is 0.481 e. The zero-order chi connectivity index (χ0) is 8.57. The number of carboxylic acids is 1. The summed E-state index contributed by atoms with van der Waals surface area (Å²) in [6, 6.07) is -0.829. The maximum absolute atomic E-state index is 9.48. The molecule has 0 fully saturated rings. The normalized spacial score (nSPS) is 6.50. The number of carboxylic acid groups (broad SMARTS) is 1. The standard InChI is InChI=1S/C2H4N2O2.C2H4O2/c3-2(6)4-1-5;1-2(3)4/h1H,(H3,3,4,5,6);1H3,(H,3,4). The molecule has 10 heavy (non-hydrogen) atoms. The lowest BCUT2D eigenvalue weighted by molar-refractivity contribution is -0.134. The molecular weight excluding hydrogens is 140 g/mol. The van der Waals surface area contributed by atoms with Gasteiger partial charge in [0.15, 0.2) is 0 Å². The molecule has 0 aromatic carbocycles. The Balaban J connectivity index is 0. The van der Waals surface area contributed by atoms with Crippen molar-refractivity contribution >= 4 is 18.4 Å². The van der Waals surface area contributed by atoms with Gasteiger partial charge in [0.2, 0.25) is 6.41 Å². The van der Waals surface area contributed by atoms with E-state index in [9.17, 15) is 9.59 Å². The molecule has 0 bridgehead atoms. The number of carbonyl (C=O) groups is 3. The number of hydrogen-bond donors (Lipinski definition) is 3. The van der Waals surface area contributed by atoms with Gasteiger partial charge in [0.25, 0.3) is 5.97 Å². The number of nitrogens with one attached hydrogen (secondary N) is 1. The van der Waals surface area contributed by atoms with E-state index in [4.69, 9.17) is 9.90 Å². The van der Waals surface area contributed by atoms with E-state index in [1.165, 1.54) is 0 Å². The summed E-state index contributed by atoms with van der Waals surface area (Å²) in [4.78, 5) is 27.7. The molecule has 0 saturated heterocycles. The van der Waals surface area contributed by atoms with Crippen LogP contribution in [0.3, 0.4) is 0 Å². The Hall–Kier alpha value is -1.59. The quantitative estimate of drug-likeness (QED) is 0.410. The van der Waals surface area contributed by atoms with Crippen LogP contribution in [0, 0.1) is 0 Å². The second-order valence-electron chi connectivity index (χ2n) is 1.15. The van der Waals surface area contributed by atoms with Gasteiger partial charge in [-0.3, -0.25) is 14.9 Å². The second-order valence-corrected chi connectivity index (χ2v) is 1.15. The Morgan fingerprint density at radius 2 is 1.90 bits per heavy atom. The number of urea groups is 1. The summed E-state index contributed by atoms with van der Waals surface area (Å²) >= 11 is 0. The fourth-order valence-corrected chi connectivity index (χ4v) is 0.0581. The van der Waals surface area contributed by atoms with Crippen LogP contribution in [-0.2, 0) is 9.59 Å². The Bertz CT molecular complexity index is 129. The minimum atomic E-state index is -0.833. The Morgan fingerprint density at radius 1 is 1.60 bits per heavy atom. The first-order valence-corrected chi connectivity index (χ1v) is 2.19. The third kappa shape index (κ3) is 94.4. The highest BCUT2D eigenvalue weighted by Crippen LogP contribution is 1.42. The van der Waals surface area contributed by atoms with Crippen LogP contribution in [0.25, 0.3) is 0 Å². The molecule has 0 heterocycles. The second kappa shape index (κ2) is 7.41. The third-order valence-corrected chi connectivity index (χ3v) is 0.201. The summed E-state index contributed by atoms with van der Waals surface area (Å²) in [6.07, 6.45) is 0.225. The summed E-state index contributed by atoms with van der Waals surface area (Å²) in [5, 5.41) is 9.08. The highest BCUT2D eigenvalue weighted by Gasteiger charge is 1.79. The highest BCUT2D eigenvalue weighted by atomic mass is 16.4. The lowest BCUT2D eigenvalue weighted by Crippen LogP contribution is -2.27. The number of nitrogens with two attached hydrogens (primary N) is 1. The number of rotatable bonds is 1. The van der Waals surface area contributed by atoms with Crippen molar-refractivity contribution in [2.75, 3.05) is 0 Å². The lowest BCUT2D eigenvalue weighted by Gasteiger charge is -1.79. The maximum Gasteiger partial charge on any atom is 0.318 e. The van der Waals surface area contributed by atoms with Gasteiger partial charge in [-0.2, -0.15) is 0 Å². The number of amides is 3. The first-order chi connectivity index (χ1) is 4.50. The van der Waals surface area contributed by atoms with Gasteiger partial charge in [-0.15, -0.1) is 0 Å². The fourth-order valence-electron chi connectivity index (χ4n) is 0.0581. The van der Waals surface area contributed by atoms with Crippen molar-refractivity contribution < 1.29 is 19.5 Å². The van der Waals surface area contributed by atoms with E-state index in [2.05, 4.69) is 5.73 Å². The van der Waals surface area contributed by atoms with Crippen LogP contribution in [0.15, 0.2) is 0 Å². The first-order valence-electron chi connectivity index (χ1n) is 2.19. The van der Waals surface area contributed by atoms with E-state index < -0.39 is 12.0 Å². The molecule has 3 amide bonds. The van der Waals surface area contributed by atoms with Crippen molar-refractivity contribution in [3.8, 4) is 0 Å². The van der Waals surface area contributed by atoms with Crippen molar-refractivity contribution in [2.24, 2.45) is 5.73 Å². The van der Waals surface area contributed by atoms with Crippen molar-refractivity contribution in [2.45, 2.75) is 6.92 Å². The molecular formula is C4H8N2O4. The molecule has 4 N–H and O–H groups in total. The smallest absolute Gasteiger partial charge is 0.318 e. The van der Waals surface area contributed by atoms with Gasteiger partial charge in [-0.05, 0) is 0 Å². The van der Waals surface area contributed by atoms with Gasteiger partial charge in [0.05, 0.1) is 0 Å². The zero-order valence-electron chi connectivity index (χ0n) is 5.33. The van der Waals surface area contributed by atoms with Gasteiger partial charge in [-0.1, -0.05) is 0 Å². The number of imide groups is 1. The van der Waals surface area contributed by atoms with Crippen molar-refractivity contribution in [1.29, 1.82) is 0 Å². The minimum Gasteiger partial charge on any atom is -0.481 e. The summed E-state index contributed by atoms with van der Waals surface area (Å²) < 4.78 is 0. The summed E-state index contributed by atoms with van der Waals surface area (Å²) in [6.45, 7) is 1.08. The van der Waals surface area contributed by atoms with E-state index in [-0.39, 0.29) is 6.41 Å². The van der Waals surface area contributed by atoms with Crippen LogP contribution < -0.4 is 11.1 Å². The monoisotopic (exact) mass is 148 g/mol. The predicted molar refractivity (Wildman–Crippen MR) is 32.1 cm³/mol. The fraction of sp³-hybridized carbons (Fsp3) is 0.250. The first kappa shape index (κ1) is 11.2. The number of carbonyl (C=O) groups excluding carboxylic acids is 2. The van der Waals surface area contributed by atoms with Crippen LogP contribution >= 0.6 is 0 Å². The zero-order valence-corrected chi connectivity index (χ0v) is 5.33. The highest BCUT2D eigenvalue weighted by molar-refractivity contribution is 5.82. The van der Waals surface area contributed by atoms with E-state index >= 15 is 0 Å².